The van der Waals surface area contributed by atoms with Crippen LogP contribution in [0.1, 0.15) is 20.1 Å². The average Bonchev–Trinajstić information content (AvgIpc) is 2.85. The molecule has 0 atom stereocenters. The number of aryl methyl sites for hydroxylation is 1. The Kier molecular flexibility index (Phi) is 5.20. The number of carbonyl (C=O) groups is 1. The fraction of sp³-hybridized carbons (Fsp3) is 0.214. The lowest BCUT2D eigenvalue weighted by Gasteiger charge is -2.07. The van der Waals surface area contributed by atoms with Gasteiger partial charge in [0.2, 0.25) is 10.0 Å². The van der Waals surface area contributed by atoms with E-state index in [0.717, 1.165) is 17.6 Å². The molecule has 0 radical (unpaired) electrons. The van der Waals surface area contributed by atoms with E-state index in [2.05, 4.69) is 10.0 Å². The second-order valence-electron chi connectivity index (χ2n) is 5.07. The molecular formula is C14H15N3O5S2. The van der Waals surface area contributed by atoms with Crippen molar-refractivity contribution in [3.8, 4) is 0 Å². The molecule has 0 aliphatic rings. The summed E-state index contributed by atoms with van der Waals surface area (Å²) in [5, 5.41) is 13.5. The van der Waals surface area contributed by atoms with E-state index in [9.17, 15) is 23.3 Å². The van der Waals surface area contributed by atoms with Crippen molar-refractivity contribution in [2.45, 2.75) is 13.5 Å². The molecule has 0 saturated carbocycles. The van der Waals surface area contributed by atoms with Gasteiger partial charge in [-0.1, -0.05) is 12.1 Å². The Morgan fingerprint density at radius 3 is 2.62 bits per heavy atom. The van der Waals surface area contributed by atoms with Gasteiger partial charge in [-0.15, -0.1) is 11.3 Å². The number of benzene rings is 1. The molecule has 0 fully saturated rings. The molecule has 0 saturated heterocycles. The average molecular weight is 369 g/mol. The Morgan fingerprint density at radius 1 is 1.33 bits per heavy atom. The van der Waals surface area contributed by atoms with Crippen molar-refractivity contribution in [3.63, 3.8) is 0 Å². The van der Waals surface area contributed by atoms with Crippen LogP contribution in [0.3, 0.4) is 0 Å². The first-order valence-electron chi connectivity index (χ1n) is 6.75. The molecule has 24 heavy (non-hydrogen) atoms. The summed E-state index contributed by atoms with van der Waals surface area (Å²) in [6.45, 7) is 1.75. The van der Waals surface area contributed by atoms with Crippen LogP contribution in [-0.4, -0.2) is 25.5 Å². The van der Waals surface area contributed by atoms with Gasteiger partial charge in [-0.25, -0.2) is 8.42 Å². The number of nitrogens with zero attached hydrogens (tertiary/aromatic N) is 1. The first-order chi connectivity index (χ1) is 11.2. The van der Waals surface area contributed by atoms with Crippen LogP contribution in [0.15, 0.2) is 30.3 Å². The summed E-state index contributed by atoms with van der Waals surface area (Å²) in [7, 11) is -3.38. The molecule has 10 heteroatoms. The van der Waals surface area contributed by atoms with E-state index in [1.807, 2.05) is 0 Å². The van der Waals surface area contributed by atoms with E-state index >= 15 is 0 Å². The smallest absolute Gasteiger partial charge is 0.283 e. The second-order valence-corrected chi connectivity index (χ2v) is 8.07. The number of amides is 1. The topological polar surface area (TPSA) is 118 Å². The first kappa shape index (κ1) is 17.9. The monoisotopic (exact) mass is 369 g/mol. The van der Waals surface area contributed by atoms with Gasteiger partial charge in [0.05, 0.1) is 20.9 Å². The van der Waals surface area contributed by atoms with Gasteiger partial charge >= 0.3 is 0 Å². The second kappa shape index (κ2) is 6.97. The number of sulfonamides is 1. The highest BCUT2D eigenvalue weighted by molar-refractivity contribution is 7.92. The van der Waals surface area contributed by atoms with E-state index < -0.39 is 20.9 Å². The number of nitro groups is 1. The normalized spacial score (nSPS) is 11.1. The Balaban J connectivity index is 2.05. The maximum Gasteiger partial charge on any atom is 0.283 e. The zero-order valence-corrected chi connectivity index (χ0v) is 14.5. The molecule has 2 aromatic rings. The third-order valence-electron chi connectivity index (χ3n) is 3.00. The predicted molar refractivity (Wildman–Crippen MR) is 91.8 cm³/mol. The summed E-state index contributed by atoms with van der Waals surface area (Å²) < 4.78 is 24.8. The number of carbonyl (C=O) groups excluding carboxylic acids is 1. The molecule has 8 nitrogen and oxygen atoms in total. The van der Waals surface area contributed by atoms with E-state index in [4.69, 9.17) is 0 Å². The summed E-state index contributed by atoms with van der Waals surface area (Å²) in [6.07, 6.45) is 1.05. The summed E-state index contributed by atoms with van der Waals surface area (Å²) in [5.74, 6) is -0.419. The number of nitrogens with one attached hydrogen (secondary N) is 2. The van der Waals surface area contributed by atoms with E-state index in [1.54, 1.807) is 31.2 Å². The van der Waals surface area contributed by atoms with E-state index in [1.165, 1.54) is 6.07 Å². The maximum atomic E-state index is 12.1. The molecule has 0 aliphatic carbocycles. The molecule has 128 valence electrons. The van der Waals surface area contributed by atoms with Crippen molar-refractivity contribution < 1.29 is 18.1 Å². The van der Waals surface area contributed by atoms with Crippen molar-refractivity contribution in [2.75, 3.05) is 11.0 Å². The lowest BCUT2D eigenvalue weighted by Crippen LogP contribution is -2.21. The summed E-state index contributed by atoms with van der Waals surface area (Å²) in [6, 6.07) is 7.84. The zero-order chi connectivity index (χ0) is 17.9. The third kappa shape index (κ3) is 4.77. The fourth-order valence-corrected chi connectivity index (χ4v) is 3.45. The number of hydrogen-bond acceptors (Lipinski definition) is 6. The van der Waals surface area contributed by atoms with Gasteiger partial charge in [-0.2, -0.15) is 0 Å². The molecule has 2 N–H and O–H groups in total. The van der Waals surface area contributed by atoms with Crippen LogP contribution < -0.4 is 10.0 Å². The van der Waals surface area contributed by atoms with Crippen LogP contribution in [0.25, 0.3) is 0 Å². The van der Waals surface area contributed by atoms with Gasteiger partial charge in [-0.05, 0) is 24.6 Å². The molecule has 0 unspecified atom stereocenters. The molecule has 0 bridgehead atoms. The lowest BCUT2D eigenvalue weighted by molar-refractivity contribution is -0.385. The summed E-state index contributed by atoms with van der Waals surface area (Å²) >= 11 is 1.05. The third-order valence-corrected chi connectivity index (χ3v) is 4.64. The van der Waals surface area contributed by atoms with E-state index in [0.29, 0.717) is 16.1 Å². The maximum absolute atomic E-state index is 12.1. The Labute approximate surface area is 142 Å². The van der Waals surface area contributed by atoms with Crippen LogP contribution >= 0.6 is 11.3 Å². The minimum Gasteiger partial charge on any atom is -0.347 e. The van der Waals surface area contributed by atoms with Gasteiger partial charge in [0.15, 0.2) is 0 Å². The van der Waals surface area contributed by atoms with Crippen LogP contribution in [-0.2, 0) is 16.6 Å². The molecule has 1 aromatic heterocycles. The molecule has 0 aliphatic heterocycles. The largest absolute Gasteiger partial charge is 0.347 e. The SMILES string of the molecule is Cc1sc(C(=O)NCc2cccc(NS(C)(=O)=O)c2)cc1[N+](=O)[O-]. The summed E-state index contributed by atoms with van der Waals surface area (Å²) in [5.41, 5.74) is 1.01. The Hall–Kier alpha value is -2.46. The van der Waals surface area contributed by atoms with Crippen molar-refractivity contribution in [3.05, 3.63) is 55.8 Å². The highest BCUT2D eigenvalue weighted by atomic mass is 32.2. The minimum absolute atomic E-state index is 0.0792. The van der Waals surface area contributed by atoms with Gasteiger partial charge in [0.25, 0.3) is 11.6 Å². The number of rotatable bonds is 6. The van der Waals surface area contributed by atoms with Gasteiger partial charge in [0, 0.05) is 18.3 Å². The lowest BCUT2D eigenvalue weighted by atomic mass is 10.2. The van der Waals surface area contributed by atoms with Crippen LogP contribution in [0.5, 0.6) is 0 Å². The van der Waals surface area contributed by atoms with Crippen molar-refractivity contribution in [1.29, 1.82) is 0 Å². The number of anilines is 1. The molecule has 1 heterocycles. The molecule has 1 aromatic carbocycles. The molecule has 1 amide bonds. The van der Waals surface area contributed by atoms with Gasteiger partial charge in [0.1, 0.15) is 0 Å². The first-order valence-corrected chi connectivity index (χ1v) is 9.46. The van der Waals surface area contributed by atoms with Crippen molar-refractivity contribution in [2.24, 2.45) is 0 Å². The quantitative estimate of drug-likeness (QED) is 0.598. The number of thiophene rings is 1. The van der Waals surface area contributed by atoms with Crippen LogP contribution in [0.2, 0.25) is 0 Å². The van der Waals surface area contributed by atoms with Crippen molar-refractivity contribution >= 4 is 38.6 Å². The van der Waals surface area contributed by atoms with Gasteiger partial charge in [-0.3, -0.25) is 19.6 Å². The molecule has 0 spiro atoms. The van der Waals surface area contributed by atoms with E-state index in [-0.39, 0.29) is 17.1 Å². The van der Waals surface area contributed by atoms with Crippen LogP contribution in [0, 0.1) is 17.0 Å². The highest BCUT2D eigenvalue weighted by Gasteiger charge is 2.19. The number of hydrogen-bond donors (Lipinski definition) is 2. The fourth-order valence-electron chi connectivity index (χ4n) is 1.99. The molecule has 2 rings (SSSR count). The van der Waals surface area contributed by atoms with Crippen LogP contribution in [0.4, 0.5) is 11.4 Å². The van der Waals surface area contributed by atoms with Gasteiger partial charge < -0.3 is 5.32 Å². The molecular weight excluding hydrogens is 354 g/mol. The highest BCUT2D eigenvalue weighted by Crippen LogP contribution is 2.27. The predicted octanol–water partition coefficient (Wildman–Crippen LogP) is 2.27. The summed E-state index contributed by atoms with van der Waals surface area (Å²) in [4.78, 5) is 23.1. The Morgan fingerprint density at radius 2 is 2.04 bits per heavy atom. The zero-order valence-electron chi connectivity index (χ0n) is 12.9. The van der Waals surface area contributed by atoms with Crippen molar-refractivity contribution in [1.82, 2.24) is 5.32 Å². The Bertz CT molecular complexity index is 890. The minimum atomic E-state index is -3.38. The standard InChI is InChI=1S/C14H15N3O5S2/c1-9-12(17(19)20)7-13(23-9)14(18)15-8-10-4-3-5-11(6-10)16-24(2,21)22/h3-7,16H,8H2,1-2H3,(H,15,18).